The molecule has 0 aliphatic heterocycles. The van der Waals surface area contributed by atoms with E-state index in [-0.39, 0.29) is 5.91 Å². The summed E-state index contributed by atoms with van der Waals surface area (Å²) in [5, 5.41) is 3.83. The molecule has 2 aromatic carbocycles. The van der Waals surface area contributed by atoms with Crippen LogP contribution in [0.4, 0.5) is 5.69 Å². The first-order valence-corrected chi connectivity index (χ1v) is 6.98. The third kappa shape index (κ3) is 2.76. The van der Waals surface area contributed by atoms with Crippen molar-refractivity contribution in [3.8, 4) is 5.75 Å². The Morgan fingerprint density at radius 2 is 2.00 bits per heavy atom. The second-order valence-electron chi connectivity index (χ2n) is 5.05. The van der Waals surface area contributed by atoms with Crippen molar-refractivity contribution in [3.63, 3.8) is 0 Å². The van der Waals surface area contributed by atoms with Crippen LogP contribution in [0, 0.1) is 6.92 Å². The monoisotopic (exact) mass is 292 g/mol. The van der Waals surface area contributed by atoms with Crippen LogP contribution in [0.25, 0.3) is 10.9 Å². The van der Waals surface area contributed by atoms with Gasteiger partial charge in [0.25, 0.3) is 5.91 Å². The molecule has 1 amide bonds. The zero-order valence-electron chi connectivity index (χ0n) is 12.5. The van der Waals surface area contributed by atoms with Crippen LogP contribution in [0.2, 0.25) is 0 Å². The van der Waals surface area contributed by atoms with E-state index in [1.807, 2.05) is 49.4 Å². The second-order valence-corrected chi connectivity index (χ2v) is 5.05. The second kappa shape index (κ2) is 5.85. The van der Waals surface area contributed by atoms with Gasteiger partial charge in [-0.1, -0.05) is 12.1 Å². The molecule has 0 radical (unpaired) electrons. The SMILES string of the molecule is COc1cc(NC(=O)c2ccc3ncccc3c2)ccc1C. The Hall–Kier alpha value is -2.88. The summed E-state index contributed by atoms with van der Waals surface area (Å²) in [5.41, 5.74) is 3.20. The average Bonchev–Trinajstić information content (AvgIpc) is 2.56. The predicted molar refractivity (Wildman–Crippen MR) is 87.4 cm³/mol. The van der Waals surface area contributed by atoms with Crippen LogP contribution < -0.4 is 10.1 Å². The molecule has 0 saturated carbocycles. The molecule has 1 N–H and O–H groups in total. The molecule has 0 saturated heterocycles. The number of hydrogen-bond donors (Lipinski definition) is 1. The molecule has 3 rings (SSSR count). The molecule has 4 heteroatoms. The lowest BCUT2D eigenvalue weighted by molar-refractivity contribution is 0.102. The minimum Gasteiger partial charge on any atom is -0.496 e. The van der Waals surface area contributed by atoms with Gasteiger partial charge in [-0.05, 0) is 42.8 Å². The molecular weight excluding hydrogens is 276 g/mol. The Labute approximate surface area is 128 Å². The average molecular weight is 292 g/mol. The van der Waals surface area contributed by atoms with Crippen molar-refractivity contribution >= 4 is 22.5 Å². The van der Waals surface area contributed by atoms with Crippen molar-refractivity contribution in [2.24, 2.45) is 0 Å². The van der Waals surface area contributed by atoms with E-state index in [2.05, 4.69) is 10.3 Å². The predicted octanol–water partition coefficient (Wildman–Crippen LogP) is 3.80. The maximum absolute atomic E-state index is 12.4. The largest absolute Gasteiger partial charge is 0.496 e. The van der Waals surface area contributed by atoms with Gasteiger partial charge in [-0.25, -0.2) is 0 Å². The molecule has 4 nitrogen and oxygen atoms in total. The fourth-order valence-electron chi connectivity index (χ4n) is 2.32. The van der Waals surface area contributed by atoms with Crippen LogP contribution in [0.1, 0.15) is 15.9 Å². The maximum Gasteiger partial charge on any atom is 0.255 e. The van der Waals surface area contributed by atoms with Gasteiger partial charge in [-0.2, -0.15) is 0 Å². The summed E-state index contributed by atoms with van der Waals surface area (Å²) < 4.78 is 5.27. The van der Waals surface area contributed by atoms with Crippen molar-refractivity contribution in [1.82, 2.24) is 4.98 Å². The maximum atomic E-state index is 12.4. The van der Waals surface area contributed by atoms with E-state index >= 15 is 0 Å². The molecule has 0 spiro atoms. The summed E-state index contributed by atoms with van der Waals surface area (Å²) in [7, 11) is 1.62. The Balaban J connectivity index is 1.86. The number of methoxy groups -OCH3 is 1. The number of carbonyl (C=O) groups excluding carboxylic acids is 1. The number of pyridine rings is 1. The van der Waals surface area contributed by atoms with Crippen LogP contribution in [0.3, 0.4) is 0 Å². The lowest BCUT2D eigenvalue weighted by Gasteiger charge is -2.09. The number of aryl methyl sites for hydroxylation is 1. The molecule has 0 fully saturated rings. The smallest absolute Gasteiger partial charge is 0.255 e. The summed E-state index contributed by atoms with van der Waals surface area (Å²) in [6.45, 7) is 1.96. The number of benzene rings is 2. The highest BCUT2D eigenvalue weighted by molar-refractivity contribution is 6.06. The number of ether oxygens (including phenoxy) is 1. The minimum atomic E-state index is -0.156. The van der Waals surface area contributed by atoms with Crippen LogP contribution in [0.15, 0.2) is 54.7 Å². The van der Waals surface area contributed by atoms with Gasteiger partial charge in [-0.15, -0.1) is 0 Å². The lowest BCUT2D eigenvalue weighted by Crippen LogP contribution is -2.12. The number of nitrogens with one attached hydrogen (secondary N) is 1. The van der Waals surface area contributed by atoms with Gasteiger partial charge < -0.3 is 10.1 Å². The van der Waals surface area contributed by atoms with Gasteiger partial charge in [0, 0.05) is 28.9 Å². The van der Waals surface area contributed by atoms with Crippen molar-refractivity contribution in [3.05, 3.63) is 65.9 Å². The van der Waals surface area contributed by atoms with Gasteiger partial charge in [0.05, 0.1) is 12.6 Å². The van der Waals surface area contributed by atoms with Gasteiger partial charge in [0.1, 0.15) is 5.75 Å². The summed E-state index contributed by atoms with van der Waals surface area (Å²) >= 11 is 0. The number of amides is 1. The van der Waals surface area contributed by atoms with Crippen LogP contribution in [-0.4, -0.2) is 18.0 Å². The van der Waals surface area contributed by atoms with Gasteiger partial charge in [0.15, 0.2) is 0 Å². The third-order valence-corrected chi connectivity index (χ3v) is 3.53. The van der Waals surface area contributed by atoms with E-state index in [9.17, 15) is 4.79 Å². The molecule has 3 aromatic rings. The van der Waals surface area contributed by atoms with E-state index in [1.54, 1.807) is 19.4 Å². The normalized spacial score (nSPS) is 10.5. The Bertz CT molecular complexity index is 843. The van der Waals surface area contributed by atoms with Gasteiger partial charge >= 0.3 is 0 Å². The number of carbonyl (C=O) groups is 1. The molecule has 0 aliphatic rings. The number of anilines is 1. The van der Waals surface area contributed by atoms with Crippen LogP contribution in [-0.2, 0) is 0 Å². The lowest BCUT2D eigenvalue weighted by atomic mass is 10.1. The topological polar surface area (TPSA) is 51.2 Å². The molecular formula is C18H16N2O2. The summed E-state index contributed by atoms with van der Waals surface area (Å²) in [4.78, 5) is 16.6. The molecule has 22 heavy (non-hydrogen) atoms. The molecule has 1 heterocycles. The van der Waals surface area contributed by atoms with Gasteiger partial charge in [-0.3, -0.25) is 9.78 Å². The van der Waals surface area contributed by atoms with E-state index < -0.39 is 0 Å². The number of aromatic nitrogens is 1. The minimum absolute atomic E-state index is 0.156. The van der Waals surface area contributed by atoms with Crippen LogP contribution in [0.5, 0.6) is 5.75 Å². The van der Waals surface area contributed by atoms with E-state index in [0.717, 1.165) is 22.2 Å². The first-order chi connectivity index (χ1) is 10.7. The third-order valence-electron chi connectivity index (χ3n) is 3.53. The van der Waals surface area contributed by atoms with E-state index in [4.69, 9.17) is 4.74 Å². The Morgan fingerprint density at radius 1 is 1.14 bits per heavy atom. The zero-order valence-corrected chi connectivity index (χ0v) is 12.5. The molecule has 1 aromatic heterocycles. The number of hydrogen-bond acceptors (Lipinski definition) is 3. The van der Waals surface area contributed by atoms with E-state index in [0.29, 0.717) is 11.3 Å². The Morgan fingerprint density at radius 3 is 2.82 bits per heavy atom. The van der Waals surface area contributed by atoms with Crippen molar-refractivity contribution < 1.29 is 9.53 Å². The fourth-order valence-corrected chi connectivity index (χ4v) is 2.32. The van der Waals surface area contributed by atoms with Crippen molar-refractivity contribution in [1.29, 1.82) is 0 Å². The highest BCUT2D eigenvalue weighted by atomic mass is 16.5. The summed E-state index contributed by atoms with van der Waals surface area (Å²) in [6, 6.07) is 14.8. The summed E-state index contributed by atoms with van der Waals surface area (Å²) in [5.74, 6) is 0.595. The standard InChI is InChI=1S/C18H16N2O2/c1-12-5-7-15(11-17(12)22-2)20-18(21)14-6-8-16-13(10-14)4-3-9-19-16/h3-11H,1-2H3,(H,20,21). The number of fused-ring (bicyclic) bond motifs is 1. The Kier molecular flexibility index (Phi) is 3.74. The molecule has 0 unspecified atom stereocenters. The highest BCUT2D eigenvalue weighted by Gasteiger charge is 2.08. The van der Waals surface area contributed by atoms with Crippen LogP contribution >= 0.6 is 0 Å². The van der Waals surface area contributed by atoms with Crippen molar-refractivity contribution in [2.45, 2.75) is 6.92 Å². The fraction of sp³-hybridized carbons (Fsp3) is 0.111. The van der Waals surface area contributed by atoms with E-state index in [1.165, 1.54) is 0 Å². The first kappa shape index (κ1) is 14.1. The first-order valence-electron chi connectivity index (χ1n) is 6.98. The summed E-state index contributed by atoms with van der Waals surface area (Å²) in [6.07, 6.45) is 1.74. The molecule has 0 atom stereocenters. The quantitative estimate of drug-likeness (QED) is 0.798. The number of nitrogens with zero attached hydrogens (tertiary/aromatic N) is 1. The number of rotatable bonds is 3. The highest BCUT2D eigenvalue weighted by Crippen LogP contribution is 2.23. The molecule has 110 valence electrons. The molecule has 0 aliphatic carbocycles. The molecule has 0 bridgehead atoms. The zero-order chi connectivity index (χ0) is 15.5. The van der Waals surface area contributed by atoms with Gasteiger partial charge in [0.2, 0.25) is 0 Å². The van der Waals surface area contributed by atoms with Crippen molar-refractivity contribution in [2.75, 3.05) is 12.4 Å².